The fourth-order valence-corrected chi connectivity index (χ4v) is 3.68. The summed E-state index contributed by atoms with van der Waals surface area (Å²) < 4.78 is 28.2. The van der Waals surface area contributed by atoms with Crippen LogP contribution in [-0.2, 0) is 13.6 Å². The first kappa shape index (κ1) is 16.1. The molecule has 4 rings (SSSR count). The van der Waals surface area contributed by atoms with E-state index in [1.54, 1.807) is 12.3 Å². The van der Waals surface area contributed by atoms with Crippen LogP contribution in [0.15, 0.2) is 36.5 Å². The standard InChI is InChI=1S/C19H20F2N4/c1-24-19-15(3-2-8-22-19)18(23-24)14-6-9-25(10-7-14)12-13-4-5-16(20)17(21)11-13/h2-5,8,11,14H,6-7,9-10,12H2,1H3. The zero-order valence-electron chi connectivity index (χ0n) is 14.1. The lowest BCUT2D eigenvalue weighted by Crippen LogP contribution is -2.32. The molecule has 25 heavy (non-hydrogen) atoms. The molecule has 1 fully saturated rings. The van der Waals surface area contributed by atoms with Crippen LogP contribution in [0, 0.1) is 11.6 Å². The van der Waals surface area contributed by atoms with Gasteiger partial charge in [0, 0.05) is 31.1 Å². The van der Waals surface area contributed by atoms with Crippen molar-refractivity contribution in [2.75, 3.05) is 13.1 Å². The van der Waals surface area contributed by atoms with Crippen LogP contribution in [0.25, 0.3) is 11.0 Å². The van der Waals surface area contributed by atoms with Gasteiger partial charge in [0.2, 0.25) is 0 Å². The zero-order valence-corrected chi connectivity index (χ0v) is 14.1. The lowest BCUT2D eigenvalue weighted by atomic mass is 9.92. The van der Waals surface area contributed by atoms with E-state index in [-0.39, 0.29) is 0 Å². The Balaban J connectivity index is 1.45. The summed E-state index contributed by atoms with van der Waals surface area (Å²) in [5.41, 5.74) is 2.85. The number of aryl methyl sites for hydroxylation is 1. The second kappa shape index (κ2) is 6.52. The summed E-state index contributed by atoms with van der Waals surface area (Å²) >= 11 is 0. The van der Waals surface area contributed by atoms with Crippen LogP contribution in [-0.4, -0.2) is 32.8 Å². The van der Waals surface area contributed by atoms with E-state index in [0.717, 1.165) is 48.2 Å². The van der Waals surface area contributed by atoms with Gasteiger partial charge in [0.05, 0.1) is 5.69 Å². The van der Waals surface area contributed by atoms with E-state index in [1.807, 2.05) is 17.8 Å². The van der Waals surface area contributed by atoms with Gasteiger partial charge in [-0.1, -0.05) is 6.07 Å². The number of pyridine rings is 1. The molecule has 130 valence electrons. The zero-order chi connectivity index (χ0) is 17.4. The van der Waals surface area contributed by atoms with Crippen molar-refractivity contribution in [3.05, 3.63) is 59.4 Å². The highest BCUT2D eigenvalue weighted by molar-refractivity contribution is 5.78. The molecule has 3 heterocycles. The van der Waals surface area contributed by atoms with E-state index >= 15 is 0 Å². The number of fused-ring (bicyclic) bond motifs is 1. The number of benzene rings is 1. The van der Waals surface area contributed by atoms with E-state index in [1.165, 1.54) is 12.1 Å². The van der Waals surface area contributed by atoms with Gasteiger partial charge in [-0.05, 0) is 55.8 Å². The number of halogens is 2. The van der Waals surface area contributed by atoms with Crippen molar-refractivity contribution in [2.24, 2.45) is 7.05 Å². The second-order valence-corrected chi connectivity index (χ2v) is 6.68. The lowest BCUT2D eigenvalue weighted by molar-refractivity contribution is 0.203. The van der Waals surface area contributed by atoms with Crippen LogP contribution in [0.2, 0.25) is 0 Å². The minimum atomic E-state index is -0.793. The van der Waals surface area contributed by atoms with E-state index in [2.05, 4.69) is 21.0 Å². The molecule has 0 N–H and O–H groups in total. The maximum absolute atomic E-state index is 13.4. The quantitative estimate of drug-likeness (QED) is 0.729. The first-order valence-corrected chi connectivity index (χ1v) is 8.55. The number of nitrogens with zero attached hydrogens (tertiary/aromatic N) is 4. The van der Waals surface area contributed by atoms with Gasteiger partial charge >= 0.3 is 0 Å². The molecular weight excluding hydrogens is 322 g/mol. The topological polar surface area (TPSA) is 34.0 Å². The van der Waals surface area contributed by atoms with Gasteiger partial charge in [-0.25, -0.2) is 13.8 Å². The highest BCUT2D eigenvalue weighted by atomic mass is 19.2. The maximum atomic E-state index is 13.4. The molecule has 1 aliphatic heterocycles. The Hall–Kier alpha value is -2.34. The first-order chi connectivity index (χ1) is 12.1. The normalized spacial score (nSPS) is 16.6. The molecule has 0 saturated carbocycles. The maximum Gasteiger partial charge on any atom is 0.159 e. The highest BCUT2D eigenvalue weighted by Crippen LogP contribution is 2.32. The molecule has 0 bridgehead atoms. The third kappa shape index (κ3) is 3.14. The molecular formula is C19H20F2N4. The van der Waals surface area contributed by atoms with Gasteiger partial charge in [0.25, 0.3) is 0 Å². The summed E-state index contributed by atoms with van der Waals surface area (Å²) in [6.45, 7) is 2.48. The van der Waals surface area contributed by atoms with Crippen LogP contribution < -0.4 is 0 Å². The van der Waals surface area contributed by atoms with Gasteiger partial charge in [0.15, 0.2) is 17.3 Å². The summed E-state index contributed by atoms with van der Waals surface area (Å²) in [4.78, 5) is 6.69. The minimum absolute atomic E-state index is 0.411. The van der Waals surface area contributed by atoms with Crippen LogP contribution in [0.5, 0.6) is 0 Å². The van der Waals surface area contributed by atoms with Crippen LogP contribution in [0.1, 0.15) is 30.0 Å². The Morgan fingerprint density at radius 2 is 1.92 bits per heavy atom. The monoisotopic (exact) mass is 342 g/mol. The number of aromatic nitrogens is 3. The van der Waals surface area contributed by atoms with Crippen molar-refractivity contribution in [1.29, 1.82) is 0 Å². The van der Waals surface area contributed by atoms with Crippen molar-refractivity contribution >= 4 is 11.0 Å². The predicted octanol–water partition coefficient (Wildman–Crippen LogP) is 3.63. The van der Waals surface area contributed by atoms with Crippen LogP contribution in [0.4, 0.5) is 8.78 Å². The number of piperidine rings is 1. The smallest absolute Gasteiger partial charge is 0.159 e. The summed E-state index contributed by atoms with van der Waals surface area (Å²) in [5.74, 6) is -1.16. The fourth-order valence-electron chi connectivity index (χ4n) is 3.68. The molecule has 0 atom stereocenters. The van der Waals surface area contributed by atoms with Gasteiger partial charge in [-0.15, -0.1) is 0 Å². The molecule has 1 aliphatic rings. The number of likely N-dealkylation sites (tertiary alicyclic amines) is 1. The second-order valence-electron chi connectivity index (χ2n) is 6.68. The summed E-state index contributed by atoms with van der Waals surface area (Å²) in [7, 11) is 1.93. The summed E-state index contributed by atoms with van der Waals surface area (Å²) in [6, 6.07) is 8.18. The molecule has 0 aliphatic carbocycles. The van der Waals surface area contributed by atoms with E-state index in [4.69, 9.17) is 0 Å². The Kier molecular flexibility index (Phi) is 4.21. The van der Waals surface area contributed by atoms with Gasteiger partial charge < -0.3 is 0 Å². The Labute approximate surface area is 145 Å². The molecule has 4 nitrogen and oxygen atoms in total. The first-order valence-electron chi connectivity index (χ1n) is 8.55. The van der Waals surface area contributed by atoms with Crippen molar-refractivity contribution in [2.45, 2.75) is 25.3 Å². The molecule has 1 saturated heterocycles. The number of rotatable bonds is 3. The van der Waals surface area contributed by atoms with E-state index < -0.39 is 11.6 Å². The molecule has 6 heteroatoms. The van der Waals surface area contributed by atoms with Gasteiger partial charge in [-0.3, -0.25) is 9.58 Å². The van der Waals surface area contributed by atoms with Crippen molar-refractivity contribution in [3.63, 3.8) is 0 Å². The van der Waals surface area contributed by atoms with Crippen LogP contribution >= 0.6 is 0 Å². The number of hydrogen-bond acceptors (Lipinski definition) is 3. The van der Waals surface area contributed by atoms with Crippen molar-refractivity contribution in [3.8, 4) is 0 Å². The highest BCUT2D eigenvalue weighted by Gasteiger charge is 2.25. The van der Waals surface area contributed by atoms with E-state index in [9.17, 15) is 8.78 Å². The van der Waals surface area contributed by atoms with Gasteiger partial charge in [0.1, 0.15) is 0 Å². The average molecular weight is 342 g/mol. The van der Waals surface area contributed by atoms with E-state index in [0.29, 0.717) is 12.5 Å². The fraction of sp³-hybridized carbons (Fsp3) is 0.368. The molecule has 0 amide bonds. The SMILES string of the molecule is Cn1nc(C2CCN(Cc3ccc(F)c(F)c3)CC2)c2cccnc21. The molecule has 3 aromatic rings. The summed E-state index contributed by atoms with van der Waals surface area (Å²) in [5, 5.41) is 5.82. The largest absolute Gasteiger partial charge is 0.299 e. The molecule has 2 aromatic heterocycles. The molecule has 0 spiro atoms. The minimum Gasteiger partial charge on any atom is -0.299 e. The predicted molar refractivity (Wildman–Crippen MR) is 92.1 cm³/mol. The lowest BCUT2D eigenvalue weighted by Gasteiger charge is -2.31. The third-order valence-electron chi connectivity index (χ3n) is 4.99. The van der Waals surface area contributed by atoms with Crippen molar-refractivity contribution in [1.82, 2.24) is 19.7 Å². The molecule has 1 aromatic carbocycles. The third-order valence-corrected chi connectivity index (χ3v) is 4.99. The Bertz CT molecular complexity index is 898. The molecule has 0 unspecified atom stereocenters. The average Bonchev–Trinajstić information content (AvgIpc) is 2.96. The Morgan fingerprint density at radius 1 is 1.12 bits per heavy atom. The molecule has 0 radical (unpaired) electrons. The van der Waals surface area contributed by atoms with Gasteiger partial charge in [-0.2, -0.15) is 5.10 Å². The van der Waals surface area contributed by atoms with Crippen LogP contribution in [0.3, 0.4) is 0 Å². The number of hydrogen-bond donors (Lipinski definition) is 0. The summed E-state index contributed by atoms with van der Waals surface area (Å²) in [6.07, 6.45) is 3.80. The Morgan fingerprint density at radius 3 is 2.68 bits per heavy atom. The van der Waals surface area contributed by atoms with Crippen molar-refractivity contribution < 1.29 is 8.78 Å².